The molecule has 0 bridgehead atoms. The highest BCUT2D eigenvalue weighted by molar-refractivity contribution is 5.83. The van der Waals surface area contributed by atoms with E-state index in [1.54, 1.807) is 6.92 Å². The highest BCUT2D eigenvalue weighted by atomic mass is 16.1. The lowest BCUT2D eigenvalue weighted by Gasteiger charge is -2.34. The predicted molar refractivity (Wildman–Crippen MR) is 65.9 cm³/mol. The van der Waals surface area contributed by atoms with Gasteiger partial charge in [0.15, 0.2) is 0 Å². The van der Waals surface area contributed by atoms with Crippen molar-refractivity contribution >= 4 is 5.91 Å². The molecule has 0 saturated heterocycles. The summed E-state index contributed by atoms with van der Waals surface area (Å²) in [5, 5.41) is 0. The first kappa shape index (κ1) is 13.5. The number of nitrogens with zero attached hydrogens (tertiary/aromatic N) is 1. The zero-order valence-electron chi connectivity index (χ0n) is 10.7. The van der Waals surface area contributed by atoms with Gasteiger partial charge in [0, 0.05) is 12.1 Å². The maximum atomic E-state index is 11.2. The smallest absolute Gasteiger partial charge is 0.237 e. The molecule has 0 spiro atoms. The van der Waals surface area contributed by atoms with Crippen LogP contribution in [0.4, 0.5) is 0 Å². The normalized spacial score (nSPS) is 23.3. The van der Waals surface area contributed by atoms with Gasteiger partial charge in [-0.25, -0.2) is 0 Å². The second-order valence-electron chi connectivity index (χ2n) is 5.44. The Bertz CT molecular complexity index is 247. The zero-order valence-corrected chi connectivity index (χ0v) is 10.7. The topological polar surface area (TPSA) is 72.3 Å². The first-order valence-electron chi connectivity index (χ1n) is 6.15. The number of hydrogen-bond acceptors (Lipinski definition) is 3. The van der Waals surface area contributed by atoms with Gasteiger partial charge in [0.2, 0.25) is 5.91 Å². The van der Waals surface area contributed by atoms with Gasteiger partial charge >= 0.3 is 0 Å². The highest BCUT2D eigenvalue weighted by Gasteiger charge is 2.31. The third kappa shape index (κ3) is 3.19. The molecule has 1 amide bonds. The molecule has 0 aromatic rings. The Labute approximate surface area is 98.3 Å². The molecule has 0 aromatic heterocycles. The number of carbonyl (C=O) groups is 1. The van der Waals surface area contributed by atoms with Crippen LogP contribution in [0, 0.1) is 0 Å². The van der Waals surface area contributed by atoms with E-state index < -0.39 is 11.4 Å². The summed E-state index contributed by atoms with van der Waals surface area (Å²) >= 11 is 0. The molecule has 4 heteroatoms. The van der Waals surface area contributed by atoms with Gasteiger partial charge < -0.3 is 16.4 Å². The van der Waals surface area contributed by atoms with E-state index in [1.165, 1.54) is 25.7 Å². The lowest BCUT2D eigenvalue weighted by atomic mass is 9.93. The van der Waals surface area contributed by atoms with Crippen molar-refractivity contribution in [2.75, 3.05) is 7.05 Å². The Morgan fingerprint density at radius 2 is 2.00 bits per heavy atom. The van der Waals surface area contributed by atoms with Gasteiger partial charge in [-0.1, -0.05) is 12.8 Å². The van der Waals surface area contributed by atoms with Crippen LogP contribution in [0.2, 0.25) is 0 Å². The Morgan fingerprint density at radius 3 is 2.44 bits per heavy atom. The average Bonchev–Trinajstić information content (AvgIpc) is 2.68. The first-order chi connectivity index (χ1) is 7.34. The van der Waals surface area contributed by atoms with Gasteiger partial charge in [0.1, 0.15) is 0 Å². The van der Waals surface area contributed by atoms with E-state index in [0.717, 1.165) is 0 Å². The molecule has 16 heavy (non-hydrogen) atoms. The molecule has 1 aliphatic rings. The lowest BCUT2D eigenvalue weighted by Crippen LogP contribution is -2.53. The standard InChI is InChI=1S/C12H25N3O/c1-9(8-12(2,14)11(13)16)15(3)10-6-4-5-7-10/h9-10H,4-8,14H2,1-3H3,(H2,13,16). The summed E-state index contributed by atoms with van der Waals surface area (Å²) in [4.78, 5) is 13.5. The van der Waals surface area contributed by atoms with Crippen LogP contribution in [-0.2, 0) is 4.79 Å². The van der Waals surface area contributed by atoms with Crippen molar-refractivity contribution in [2.45, 2.75) is 63.6 Å². The summed E-state index contributed by atoms with van der Waals surface area (Å²) in [5.74, 6) is -0.417. The number of amides is 1. The van der Waals surface area contributed by atoms with Crippen LogP contribution in [0.1, 0.15) is 46.0 Å². The fourth-order valence-electron chi connectivity index (χ4n) is 2.53. The minimum absolute atomic E-state index is 0.297. The monoisotopic (exact) mass is 227 g/mol. The summed E-state index contributed by atoms with van der Waals surface area (Å²) in [6.45, 7) is 3.83. The van der Waals surface area contributed by atoms with Crippen molar-refractivity contribution in [3.8, 4) is 0 Å². The molecule has 4 N–H and O–H groups in total. The summed E-state index contributed by atoms with van der Waals surface area (Å²) in [7, 11) is 2.12. The third-order valence-electron chi connectivity index (χ3n) is 3.88. The number of hydrogen-bond donors (Lipinski definition) is 2. The Hall–Kier alpha value is -0.610. The van der Waals surface area contributed by atoms with Crippen molar-refractivity contribution in [3.63, 3.8) is 0 Å². The lowest BCUT2D eigenvalue weighted by molar-refractivity contribution is -0.123. The molecule has 0 radical (unpaired) electrons. The number of rotatable bonds is 5. The van der Waals surface area contributed by atoms with Crippen LogP contribution >= 0.6 is 0 Å². The summed E-state index contributed by atoms with van der Waals surface area (Å²) in [5.41, 5.74) is 10.3. The molecular formula is C12H25N3O. The third-order valence-corrected chi connectivity index (χ3v) is 3.88. The highest BCUT2D eigenvalue weighted by Crippen LogP contribution is 2.25. The van der Waals surface area contributed by atoms with E-state index >= 15 is 0 Å². The molecule has 1 rings (SSSR count). The van der Waals surface area contributed by atoms with Crippen molar-refractivity contribution < 1.29 is 4.79 Å². The van der Waals surface area contributed by atoms with Crippen molar-refractivity contribution in [2.24, 2.45) is 11.5 Å². The van der Waals surface area contributed by atoms with Crippen LogP contribution in [0.3, 0.4) is 0 Å². The second-order valence-corrected chi connectivity index (χ2v) is 5.44. The van der Waals surface area contributed by atoms with Gasteiger partial charge in [-0.2, -0.15) is 0 Å². The van der Waals surface area contributed by atoms with Crippen LogP contribution in [0.25, 0.3) is 0 Å². The molecule has 1 aliphatic carbocycles. The molecule has 4 nitrogen and oxygen atoms in total. The van der Waals surface area contributed by atoms with E-state index in [-0.39, 0.29) is 0 Å². The van der Waals surface area contributed by atoms with Gasteiger partial charge in [-0.3, -0.25) is 4.79 Å². The second kappa shape index (κ2) is 5.15. The van der Waals surface area contributed by atoms with Crippen LogP contribution < -0.4 is 11.5 Å². The van der Waals surface area contributed by atoms with E-state index in [2.05, 4.69) is 18.9 Å². The number of nitrogens with two attached hydrogens (primary N) is 2. The molecular weight excluding hydrogens is 202 g/mol. The largest absolute Gasteiger partial charge is 0.368 e. The number of carbonyl (C=O) groups excluding carboxylic acids is 1. The SMILES string of the molecule is CC(CC(C)(N)C(N)=O)N(C)C1CCCC1. The fraction of sp³-hybridized carbons (Fsp3) is 0.917. The minimum Gasteiger partial charge on any atom is -0.368 e. The van der Waals surface area contributed by atoms with Crippen LogP contribution in [0.15, 0.2) is 0 Å². The van der Waals surface area contributed by atoms with Gasteiger partial charge in [-0.15, -0.1) is 0 Å². The van der Waals surface area contributed by atoms with E-state index in [9.17, 15) is 4.79 Å². The van der Waals surface area contributed by atoms with Gasteiger partial charge in [0.25, 0.3) is 0 Å². The van der Waals surface area contributed by atoms with Crippen molar-refractivity contribution in [1.82, 2.24) is 4.90 Å². The predicted octanol–water partition coefficient (Wildman–Crippen LogP) is 0.842. The maximum absolute atomic E-state index is 11.2. The Morgan fingerprint density at radius 1 is 1.50 bits per heavy atom. The molecule has 0 heterocycles. The van der Waals surface area contributed by atoms with Crippen molar-refractivity contribution in [1.29, 1.82) is 0 Å². The number of primary amides is 1. The van der Waals surface area contributed by atoms with Gasteiger partial charge in [-0.05, 0) is 40.2 Å². The van der Waals surface area contributed by atoms with E-state index in [0.29, 0.717) is 18.5 Å². The average molecular weight is 227 g/mol. The van der Waals surface area contributed by atoms with E-state index in [1.807, 2.05) is 0 Å². The van der Waals surface area contributed by atoms with Crippen LogP contribution in [-0.4, -0.2) is 35.5 Å². The Balaban J connectivity index is 2.50. The molecule has 0 aromatic carbocycles. The molecule has 2 atom stereocenters. The first-order valence-corrected chi connectivity index (χ1v) is 6.15. The molecule has 94 valence electrons. The van der Waals surface area contributed by atoms with Crippen LogP contribution in [0.5, 0.6) is 0 Å². The summed E-state index contributed by atoms with van der Waals surface area (Å²) in [6.07, 6.45) is 5.78. The maximum Gasteiger partial charge on any atom is 0.237 e. The fourth-order valence-corrected chi connectivity index (χ4v) is 2.53. The zero-order chi connectivity index (χ0) is 12.3. The van der Waals surface area contributed by atoms with E-state index in [4.69, 9.17) is 11.5 Å². The molecule has 2 unspecified atom stereocenters. The quantitative estimate of drug-likeness (QED) is 0.731. The van der Waals surface area contributed by atoms with Crippen molar-refractivity contribution in [3.05, 3.63) is 0 Å². The minimum atomic E-state index is -0.897. The molecule has 0 aliphatic heterocycles. The summed E-state index contributed by atoms with van der Waals surface area (Å²) < 4.78 is 0. The Kier molecular flexibility index (Phi) is 4.33. The molecule has 1 fully saturated rings. The summed E-state index contributed by atoms with van der Waals surface area (Å²) in [6, 6.07) is 0.948. The molecule has 1 saturated carbocycles. The van der Waals surface area contributed by atoms with Gasteiger partial charge in [0.05, 0.1) is 5.54 Å².